The molecule has 2 nitrogen and oxygen atoms in total. The van der Waals surface area contributed by atoms with Gasteiger partial charge < -0.3 is 10.5 Å². The van der Waals surface area contributed by atoms with Crippen LogP contribution in [0.4, 0.5) is 4.39 Å². The number of nitrogens with two attached hydrogens (primary N) is 1. The lowest BCUT2D eigenvalue weighted by Crippen LogP contribution is -2.16. The molecule has 2 aromatic rings. The van der Waals surface area contributed by atoms with E-state index in [2.05, 4.69) is 6.07 Å². The Morgan fingerprint density at radius 3 is 2.33 bits per heavy atom. The molecule has 1 atom stereocenters. The largest absolute Gasteiger partial charge is 0.491 e. The minimum atomic E-state index is -0.224. The molecule has 0 spiro atoms. The van der Waals surface area contributed by atoms with Crippen molar-refractivity contribution in [1.82, 2.24) is 0 Å². The van der Waals surface area contributed by atoms with E-state index < -0.39 is 0 Å². The van der Waals surface area contributed by atoms with Crippen molar-refractivity contribution < 1.29 is 9.13 Å². The van der Waals surface area contributed by atoms with Gasteiger partial charge in [-0.1, -0.05) is 30.3 Å². The van der Waals surface area contributed by atoms with Gasteiger partial charge in [0.2, 0.25) is 0 Å². The SMILES string of the molecule is CC(C)Oc1ccccc1CC(CN)c1ccc(F)cc1. The standard InChI is InChI=1S/C18H22FNO/c1-13(2)21-18-6-4-3-5-15(18)11-16(12-20)14-7-9-17(19)10-8-14/h3-10,13,16H,11-12,20H2,1-2H3. The third-order valence-electron chi connectivity index (χ3n) is 3.43. The van der Waals surface area contributed by atoms with Gasteiger partial charge in [0.25, 0.3) is 0 Å². The Bertz CT molecular complexity index is 566. The van der Waals surface area contributed by atoms with Crippen LogP contribution in [0.1, 0.15) is 30.9 Å². The molecule has 0 saturated carbocycles. The van der Waals surface area contributed by atoms with E-state index in [9.17, 15) is 4.39 Å². The van der Waals surface area contributed by atoms with Gasteiger partial charge in [0.15, 0.2) is 0 Å². The van der Waals surface area contributed by atoms with Crippen LogP contribution in [-0.4, -0.2) is 12.6 Å². The van der Waals surface area contributed by atoms with Crippen molar-refractivity contribution in [2.75, 3.05) is 6.54 Å². The van der Waals surface area contributed by atoms with E-state index in [0.717, 1.165) is 23.3 Å². The second-order valence-corrected chi connectivity index (χ2v) is 5.46. The molecule has 0 saturated heterocycles. The third-order valence-corrected chi connectivity index (χ3v) is 3.43. The molecule has 0 bridgehead atoms. The van der Waals surface area contributed by atoms with Gasteiger partial charge in [-0.3, -0.25) is 0 Å². The average molecular weight is 287 g/mol. The van der Waals surface area contributed by atoms with E-state index in [1.54, 1.807) is 12.1 Å². The van der Waals surface area contributed by atoms with E-state index >= 15 is 0 Å². The fourth-order valence-electron chi connectivity index (χ4n) is 2.38. The van der Waals surface area contributed by atoms with Crippen LogP contribution < -0.4 is 10.5 Å². The summed E-state index contributed by atoms with van der Waals surface area (Å²) in [5.74, 6) is 0.827. The minimum Gasteiger partial charge on any atom is -0.491 e. The zero-order valence-corrected chi connectivity index (χ0v) is 12.6. The summed E-state index contributed by atoms with van der Waals surface area (Å²) in [7, 11) is 0. The Hall–Kier alpha value is -1.87. The summed E-state index contributed by atoms with van der Waals surface area (Å²) in [6.45, 7) is 4.54. The zero-order chi connectivity index (χ0) is 15.2. The fraction of sp³-hybridized carbons (Fsp3) is 0.333. The molecule has 2 aromatic carbocycles. The van der Waals surface area contributed by atoms with Gasteiger partial charge in [0.1, 0.15) is 11.6 Å². The summed E-state index contributed by atoms with van der Waals surface area (Å²) < 4.78 is 18.9. The Morgan fingerprint density at radius 2 is 1.71 bits per heavy atom. The van der Waals surface area contributed by atoms with Crippen LogP contribution in [0, 0.1) is 5.82 Å². The van der Waals surface area contributed by atoms with Crippen molar-refractivity contribution in [2.45, 2.75) is 32.3 Å². The lowest BCUT2D eigenvalue weighted by Gasteiger charge is -2.19. The van der Waals surface area contributed by atoms with Crippen LogP contribution in [0.2, 0.25) is 0 Å². The summed E-state index contributed by atoms with van der Waals surface area (Å²) in [5, 5.41) is 0. The molecule has 0 aromatic heterocycles. The van der Waals surface area contributed by atoms with Crippen molar-refractivity contribution in [1.29, 1.82) is 0 Å². The molecule has 2 N–H and O–H groups in total. The van der Waals surface area contributed by atoms with E-state index in [-0.39, 0.29) is 17.8 Å². The van der Waals surface area contributed by atoms with E-state index in [4.69, 9.17) is 10.5 Å². The zero-order valence-electron chi connectivity index (χ0n) is 12.6. The summed E-state index contributed by atoms with van der Waals surface area (Å²) in [6, 6.07) is 14.6. The Balaban J connectivity index is 2.20. The normalized spacial score (nSPS) is 12.4. The summed E-state index contributed by atoms with van der Waals surface area (Å²) in [6.07, 6.45) is 0.915. The first-order valence-electron chi connectivity index (χ1n) is 7.30. The van der Waals surface area contributed by atoms with Crippen LogP contribution in [0.5, 0.6) is 5.75 Å². The molecule has 112 valence electrons. The smallest absolute Gasteiger partial charge is 0.123 e. The molecule has 0 heterocycles. The maximum atomic E-state index is 13.0. The van der Waals surface area contributed by atoms with Gasteiger partial charge in [-0.05, 0) is 56.1 Å². The maximum Gasteiger partial charge on any atom is 0.123 e. The van der Waals surface area contributed by atoms with Gasteiger partial charge in [-0.15, -0.1) is 0 Å². The van der Waals surface area contributed by atoms with Crippen molar-refractivity contribution in [3.63, 3.8) is 0 Å². The quantitative estimate of drug-likeness (QED) is 0.874. The van der Waals surface area contributed by atoms with Gasteiger partial charge in [0, 0.05) is 5.92 Å². The van der Waals surface area contributed by atoms with Gasteiger partial charge >= 0.3 is 0 Å². The van der Waals surface area contributed by atoms with Crippen LogP contribution in [0.25, 0.3) is 0 Å². The monoisotopic (exact) mass is 287 g/mol. The number of hydrogen-bond acceptors (Lipinski definition) is 2. The highest BCUT2D eigenvalue weighted by atomic mass is 19.1. The van der Waals surface area contributed by atoms with Crippen molar-refractivity contribution in [3.05, 3.63) is 65.5 Å². The number of para-hydroxylation sites is 1. The number of ether oxygens (including phenoxy) is 1. The molecule has 0 fully saturated rings. The minimum absolute atomic E-state index is 0.133. The Labute approximate surface area is 125 Å². The number of benzene rings is 2. The first-order chi connectivity index (χ1) is 10.1. The molecule has 1 unspecified atom stereocenters. The Kier molecular flexibility index (Phi) is 5.34. The molecule has 2 rings (SSSR count). The van der Waals surface area contributed by atoms with E-state index in [1.807, 2.05) is 32.0 Å². The first kappa shape index (κ1) is 15.5. The fourth-order valence-corrected chi connectivity index (χ4v) is 2.38. The van der Waals surface area contributed by atoms with Gasteiger partial charge in [0.05, 0.1) is 6.10 Å². The molecule has 0 aliphatic rings. The van der Waals surface area contributed by atoms with Gasteiger partial charge in [-0.25, -0.2) is 4.39 Å². The average Bonchev–Trinajstić information content (AvgIpc) is 2.47. The Morgan fingerprint density at radius 1 is 1.05 bits per heavy atom. The highest BCUT2D eigenvalue weighted by Gasteiger charge is 2.14. The molecule has 21 heavy (non-hydrogen) atoms. The van der Waals surface area contributed by atoms with Crippen molar-refractivity contribution >= 4 is 0 Å². The molecule has 0 amide bonds. The highest BCUT2D eigenvalue weighted by molar-refractivity contribution is 5.36. The third kappa shape index (κ3) is 4.30. The van der Waals surface area contributed by atoms with Gasteiger partial charge in [-0.2, -0.15) is 0 Å². The predicted molar refractivity (Wildman–Crippen MR) is 84.1 cm³/mol. The van der Waals surface area contributed by atoms with E-state index in [1.165, 1.54) is 12.1 Å². The number of halogens is 1. The number of hydrogen-bond donors (Lipinski definition) is 1. The molecule has 0 aliphatic carbocycles. The van der Waals surface area contributed by atoms with Crippen molar-refractivity contribution in [3.8, 4) is 5.75 Å². The first-order valence-corrected chi connectivity index (χ1v) is 7.30. The lowest BCUT2D eigenvalue weighted by atomic mass is 9.91. The molecular formula is C18H22FNO. The molecular weight excluding hydrogens is 265 g/mol. The summed E-state index contributed by atoms with van der Waals surface area (Å²) >= 11 is 0. The lowest BCUT2D eigenvalue weighted by molar-refractivity contribution is 0.239. The molecule has 3 heteroatoms. The molecule has 0 radical (unpaired) electrons. The molecule has 0 aliphatic heterocycles. The van der Waals surface area contributed by atoms with Crippen LogP contribution in [-0.2, 0) is 6.42 Å². The number of rotatable bonds is 6. The highest BCUT2D eigenvalue weighted by Crippen LogP contribution is 2.27. The van der Waals surface area contributed by atoms with Crippen LogP contribution >= 0.6 is 0 Å². The second-order valence-electron chi connectivity index (χ2n) is 5.46. The summed E-state index contributed by atoms with van der Waals surface area (Å²) in [4.78, 5) is 0. The topological polar surface area (TPSA) is 35.2 Å². The maximum absolute atomic E-state index is 13.0. The van der Waals surface area contributed by atoms with Crippen LogP contribution in [0.3, 0.4) is 0 Å². The predicted octanol–water partition coefficient (Wildman–Crippen LogP) is 3.90. The second kappa shape index (κ2) is 7.23. The van der Waals surface area contributed by atoms with E-state index in [0.29, 0.717) is 6.54 Å². The van der Waals surface area contributed by atoms with Crippen molar-refractivity contribution in [2.24, 2.45) is 5.73 Å². The summed E-state index contributed by atoms with van der Waals surface area (Å²) in [5.41, 5.74) is 8.09. The van der Waals surface area contributed by atoms with Crippen LogP contribution in [0.15, 0.2) is 48.5 Å².